The first kappa shape index (κ1) is 14.8. The van der Waals surface area contributed by atoms with Crippen molar-refractivity contribution >= 4 is 56.2 Å². The Morgan fingerprint density at radius 2 is 2.05 bits per heavy atom. The first-order valence-corrected chi connectivity index (χ1v) is 8.07. The fourth-order valence-electron chi connectivity index (χ4n) is 1.75. The molecule has 1 fully saturated rings. The Balaban J connectivity index is 2.25. The molecule has 1 atom stereocenters. The van der Waals surface area contributed by atoms with Crippen LogP contribution in [0.1, 0.15) is 25.8 Å². The number of nitrogens with zero attached hydrogens (tertiary/aromatic N) is 1. The van der Waals surface area contributed by atoms with Gasteiger partial charge in [-0.15, -0.1) is 0 Å². The van der Waals surface area contributed by atoms with Crippen LogP contribution in [0.3, 0.4) is 0 Å². The van der Waals surface area contributed by atoms with Crippen molar-refractivity contribution in [1.29, 1.82) is 0 Å². The van der Waals surface area contributed by atoms with Crippen molar-refractivity contribution in [3.63, 3.8) is 0 Å². The second kappa shape index (κ2) is 6.20. The molecule has 1 aromatic carbocycles. The molecule has 5 heteroatoms. The molecule has 2 nitrogen and oxygen atoms in total. The van der Waals surface area contributed by atoms with Crippen molar-refractivity contribution in [2.24, 2.45) is 0 Å². The van der Waals surface area contributed by atoms with Crippen LogP contribution in [0.5, 0.6) is 0 Å². The van der Waals surface area contributed by atoms with E-state index in [-0.39, 0.29) is 11.9 Å². The molecule has 1 aromatic rings. The fraction of sp³-hybridized carbons (Fsp3) is 0.286. The van der Waals surface area contributed by atoms with Crippen LogP contribution in [0.4, 0.5) is 0 Å². The summed E-state index contributed by atoms with van der Waals surface area (Å²) in [5, 5.41) is 0. The predicted molar refractivity (Wildman–Crippen MR) is 88.9 cm³/mol. The van der Waals surface area contributed by atoms with E-state index in [1.807, 2.05) is 37.3 Å². The SMILES string of the molecule is CC[C@H](C)N1C(=O)/C(=C/c2ccc(Br)cc2)SC1=S. The van der Waals surface area contributed by atoms with Crippen molar-refractivity contribution in [1.82, 2.24) is 4.90 Å². The van der Waals surface area contributed by atoms with Gasteiger partial charge in [0, 0.05) is 10.5 Å². The zero-order chi connectivity index (χ0) is 14.0. The van der Waals surface area contributed by atoms with Gasteiger partial charge >= 0.3 is 0 Å². The van der Waals surface area contributed by atoms with Gasteiger partial charge in [-0.2, -0.15) is 0 Å². The summed E-state index contributed by atoms with van der Waals surface area (Å²) in [4.78, 5) is 14.7. The molecule has 100 valence electrons. The average Bonchev–Trinajstić information content (AvgIpc) is 2.66. The van der Waals surface area contributed by atoms with E-state index in [9.17, 15) is 4.79 Å². The number of hydrogen-bond acceptors (Lipinski definition) is 3. The molecule has 1 amide bonds. The summed E-state index contributed by atoms with van der Waals surface area (Å²) in [5.41, 5.74) is 1.01. The Labute approximate surface area is 131 Å². The molecular formula is C14H14BrNOS2. The Bertz CT molecular complexity index is 539. The smallest absolute Gasteiger partial charge is 0.266 e. The third-order valence-electron chi connectivity index (χ3n) is 3.02. The van der Waals surface area contributed by atoms with E-state index >= 15 is 0 Å². The van der Waals surface area contributed by atoms with Gasteiger partial charge in [0.25, 0.3) is 5.91 Å². The Hall–Kier alpha value is -0.650. The van der Waals surface area contributed by atoms with E-state index in [1.165, 1.54) is 11.8 Å². The van der Waals surface area contributed by atoms with E-state index < -0.39 is 0 Å². The minimum atomic E-state index is 0.0206. The first-order valence-electron chi connectivity index (χ1n) is 6.05. The lowest BCUT2D eigenvalue weighted by Crippen LogP contribution is -2.36. The molecule has 1 saturated heterocycles. The van der Waals surface area contributed by atoms with Gasteiger partial charge in [0.2, 0.25) is 0 Å². The second-order valence-corrected chi connectivity index (χ2v) is 6.95. The molecule has 1 heterocycles. The number of thioether (sulfide) groups is 1. The van der Waals surface area contributed by atoms with Gasteiger partial charge in [0.1, 0.15) is 4.32 Å². The maximum absolute atomic E-state index is 12.3. The van der Waals surface area contributed by atoms with Crippen LogP contribution in [0.25, 0.3) is 6.08 Å². The van der Waals surface area contributed by atoms with Crippen molar-refractivity contribution in [2.75, 3.05) is 0 Å². The number of thiocarbonyl (C=S) groups is 1. The third-order valence-corrected chi connectivity index (χ3v) is 4.88. The van der Waals surface area contributed by atoms with Gasteiger partial charge in [-0.3, -0.25) is 9.69 Å². The number of amides is 1. The summed E-state index contributed by atoms with van der Waals surface area (Å²) in [7, 11) is 0. The molecular weight excluding hydrogens is 342 g/mol. The van der Waals surface area contributed by atoms with Crippen LogP contribution in [-0.2, 0) is 4.79 Å². The van der Waals surface area contributed by atoms with Crippen LogP contribution >= 0.6 is 39.9 Å². The summed E-state index contributed by atoms with van der Waals surface area (Å²) in [6.07, 6.45) is 2.80. The molecule has 1 aliphatic rings. The van der Waals surface area contributed by atoms with Gasteiger partial charge in [-0.25, -0.2) is 0 Å². The number of carbonyl (C=O) groups excluding carboxylic acids is 1. The largest absolute Gasteiger partial charge is 0.290 e. The molecule has 1 aliphatic heterocycles. The summed E-state index contributed by atoms with van der Waals surface area (Å²) in [6.45, 7) is 4.08. The molecule has 0 aliphatic carbocycles. The van der Waals surface area contributed by atoms with Crippen LogP contribution < -0.4 is 0 Å². The van der Waals surface area contributed by atoms with Crippen molar-refractivity contribution in [3.8, 4) is 0 Å². The topological polar surface area (TPSA) is 20.3 Å². The highest BCUT2D eigenvalue weighted by atomic mass is 79.9. The summed E-state index contributed by atoms with van der Waals surface area (Å²) in [6, 6.07) is 8.02. The number of benzene rings is 1. The van der Waals surface area contributed by atoms with Crippen molar-refractivity contribution in [2.45, 2.75) is 26.3 Å². The van der Waals surface area contributed by atoms with Crippen LogP contribution in [0, 0.1) is 0 Å². The van der Waals surface area contributed by atoms with Gasteiger partial charge in [-0.05, 0) is 37.1 Å². The minimum absolute atomic E-state index is 0.0206. The molecule has 0 spiro atoms. The Morgan fingerprint density at radius 3 is 2.63 bits per heavy atom. The number of hydrogen-bond donors (Lipinski definition) is 0. The van der Waals surface area contributed by atoms with Crippen LogP contribution in [0.15, 0.2) is 33.6 Å². The first-order chi connectivity index (χ1) is 9.02. The zero-order valence-corrected chi connectivity index (χ0v) is 13.9. The average molecular weight is 356 g/mol. The predicted octanol–water partition coefficient (Wildman–Crippen LogP) is 4.45. The number of rotatable bonds is 3. The summed E-state index contributed by atoms with van der Waals surface area (Å²) >= 11 is 10.1. The molecule has 0 saturated carbocycles. The minimum Gasteiger partial charge on any atom is -0.290 e. The highest BCUT2D eigenvalue weighted by Gasteiger charge is 2.34. The number of halogens is 1. The fourth-order valence-corrected chi connectivity index (χ4v) is 3.48. The lowest BCUT2D eigenvalue weighted by molar-refractivity contribution is -0.123. The van der Waals surface area contributed by atoms with Gasteiger partial charge in [0.15, 0.2) is 0 Å². The molecule has 19 heavy (non-hydrogen) atoms. The Morgan fingerprint density at radius 1 is 1.42 bits per heavy atom. The maximum Gasteiger partial charge on any atom is 0.266 e. The van der Waals surface area contributed by atoms with E-state index in [0.29, 0.717) is 9.23 Å². The molecule has 0 aromatic heterocycles. The molecule has 0 unspecified atom stereocenters. The molecule has 0 bridgehead atoms. The monoisotopic (exact) mass is 355 g/mol. The second-order valence-electron chi connectivity index (χ2n) is 4.36. The van der Waals surface area contributed by atoms with Gasteiger partial charge in [-0.1, -0.05) is 59.0 Å². The van der Waals surface area contributed by atoms with Crippen molar-refractivity contribution in [3.05, 3.63) is 39.2 Å². The molecule has 2 rings (SSSR count). The lowest BCUT2D eigenvalue weighted by Gasteiger charge is -2.21. The molecule has 0 radical (unpaired) electrons. The third kappa shape index (κ3) is 3.27. The number of carbonyl (C=O) groups is 1. The highest BCUT2D eigenvalue weighted by Crippen LogP contribution is 2.34. The lowest BCUT2D eigenvalue weighted by atomic mass is 10.2. The Kier molecular flexibility index (Phi) is 4.81. The van der Waals surface area contributed by atoms with E-state index in [1.54, 1.807) is 4.90 Å². The zero-order valence-electron chi connectivity index (χ0n) is 10.7. The van der Waals surface area contributed by atoms with Crippen LogP contribution in [0.2, 0.25) is 0 Å². The van der Waals surface area contributed by atoms with Gasteiger partial charge in [0.05, 0.1) is 4.91 Å². The quantitative estimate of drug-likeness (QED) is 0.590. The summed E-state index contributed by atoms with van der Waals surface area (Å²) < 4.78 is 1.68. The van der Waals surface area contributed by atoms with Gasteiger partial charge < -0.3 is 0 Å². The normalized spacial score (nSPS) is 19.3. The summed E-state index contributed by atoms with van der Waals surface area (Å²) in [5.74, 6) is 0.0206. The van der Waals surface area contributed by atoms with Crippen molar-refractivity contribution < 1.29 is 4.79 Å². The van der Waals surface area contributed by atoms with E-state index in [0.717, 1.165) is 16.5 Å². The van der Waals surface area contributed by atoms with Crippen LogP contribution in [-0.4, -0.2) is 21.2 Å². The maximum atomic E-state index is 12.3. The van der Waals surface area contributed by atoms with E-state index in [2.05, 4.69) is 22.9 Å². The van der Waals surface area contributed by atoms with E-state index in [4.69, 9.17) is 12.2 Å². The standard InChI is InChI=1S/C14H14BrNOS2/c1-3-9(2)16-13(17)12(19-14(16)18)8-10-4-6-11(15)7-5-10/h4-9H,3H2,1-2H3/b12-8-/t9-/m0/s1. The molecule has 0 N–H and O–H groups in total. The highest BCUT2D eigenvalue weighted by molar-refractivity contribution is 9.10.